The number of carbonyl (C=O) groups excluding carboxylic acids is 3. The molecule has 0 N–H and O–H groups in total. The number of hydrogen-bond acceptors (Lipinski definition) is 11. The van der Waals surface area contributed by atoms with Crippen molar-refractivity contribution >= 4 is 45.4 Å². The van der Waals surface area contributed by atoms with Gasteiger partial charge in [0, 0.05) is 70.7 Å². The summed E-state index contributed by atoms with van der Waals surface area (Å²) in [4.78, 5) is 57.3. The second-order valence-electron chi connectivity index (χ2n) is 22.0. The molecule has 0 radical (unpaired) electrons. The Morgan fingerprint density at radius 2 is 1.27 bits per heavy atom. The summed E-state index contributed by atoms with van der Waals surface area (Å²) in [5.41, 5.74) is 5.89. The van der Waals surface area contributed by atoms with Crippen molar-refractivity contribution in [2.24, 2.45) is 23.7 Å². The highest BCUT2D eigenvalue weighted by molar-refractivity contribution is 6.30. The number of benzene rings is 5. The van der Waals surface area contributed by atoms with Crippen LogP contribution in [-0.4, -0.2) is 103 Å². The molecule has 14 rings (SSSR count). The van der Waals surface area contributed by atoms with Gasteiger partial charge in [-0.2, -0.15) is 0 Å². The molecule has 0 spiro atoms. The molecular weight excluding hydrogens is 965 g/mol. The number of hydrogen-bond donors (Lipinski definition) is 0. The summed E-state index contributed by atoms with van der Waals surface area (Å²) in [6, 6.07) is 36.3. The van der Waals surface area contributed by atoms with Gasteiger partial charge in [-0.1, -0.05) is 74.9 Å². The largest absolute Gasteiger partial charge is 0.497 e. The molecule has 7 aliphatic rings. The monoisotopic (exact) mass is 1030 g/mol. The van der Waals surface area contributed by atoms with E-state index in [2.05, 4.69) is 18.7 Å². The van der Waals surface area contributed by atoms with Gasteiger partial charge in [-0.3, -0.25) is 24.5 Å². The number of piperidine rings is 6. The van der Waals surface area contributed by atoms with E-state index in [9.17, 15) is 4.79 Å². The number of rotatable bonds is 16. The van der Waals surface area contributed by atoms with Crippen LogP contribution < -0.4 is 18.9 Å². The molecule has 77 heavy (non-hydrogen) atoms. The zero-order chi connectivity index (χ0) is 53.0. The highest BCUT2D eigenvalue weighted by Gasteiger charge is 2.56. The number of carbonyl (C=O) groups is 3. The highest BCUT2D eigenvalue weighted by atomic mass is 16.5. The fourth-order valence-electron chi connectivity index (χ4n) is 14.4. The molecule has 5 aromatic carbocycles. The van der Waals surface area contributed by atoms with E-state index in [1.54, 1.807) is 38.5 Å². The summed E-state index contributed by atoms with van der Waals surface area (Å²) >= 11 is 0. The Labute approximate surface area is 450 Å². The maximum absolute atomic E-state index is 15.6. The second kappa shape index (κ2) is 20.9. The Hall–Kier alpha value is -7.41. The summed E-state index contributed by atoms with van der Waals surface area (Å²) in [5, 5.41) is 1.76. The van der Waals surface area contributed by atoms with E-state index >= 15 is 9.59 Å². The molecular formula is C65H67N4O8+. The van der Waals surface area contributed by atoms with Gasteiger partial charge in [0.1, 0.15) is 41.7 Å². The molecule has 0 amide bonds. The molecule has 6 fully saturated rings. The topological polar surface area (TPSA) is 126 Å². The van der Waals surface area contributed by atoms with Crippen LogP contribution in [0.15, 0.2) is 133 Å². The van der Waals surface area contributed by atoms with Gasteiger partial charge < -0.3 is 28.2 Å². The molecule has 10 atom stereocenters. The van der Waals surface area contributed by atoms with Crippen LogP contribution in [0.1, 0.15) is 113 Å². The first-order chi connectivity index (χ1) is 37.6. The summed E-state index contributed by atoms with van der Waals surface area (Å²) in [6.07, 6.45) is 10.4. The quantitative estimate of drug-likeness (QED) is 0.0521. The third-order valence-electron chi connectivity index (χ3n) is 18.3. The fraction of sp³-hybridized carbons (Fsp3) is 0.369. The van der Waals surface area contributed by atoms with Gasteiger partial charge in [-0.15, -0.1) is 0 Å². The van der Waals surface area contributed by atoms with E-state index in [-0.39, 0.29) is 40.7 Å². The number of nitrogens with zero attached hydrogens (tertiary/aromatic N) is 4. The molecule has 3 unspecified atom stereocenters. The fourth-order valence-corrected chi connectivity index (χ4v) is 14.4. The molecule has 1 aliphatic carbocycles. The maximum atomic E-state index is 15.6. The van der Waals surface area contributed by atoms with Crippen molar-refractivity contribution in [1.82, 2.24) is 14.9 Å². The molecule has 394 valence electrons. The molecule has 12 nitrogen and oxygen atoms in total. The average Bonchev–Trinajstić information content (AvgIpc) is 3.57. The van der Waals surface area contributed by atoms with E-state index in [0.717, 1.165) is 103 Å². The molecule has 0 saturated carbocycles. The van der Waals surface area contributed by atoms with E-state index in [1.165, 1.54) is 7.11 Å². The number of pyridine rings is 2. The summed E-state index contributed by atoms with van der Waals surface area (Å²) in [7, 11) is 4.77. The standard InChI is InChI=1S/C65H67N4O8/c1-6-40-36-68-29-25-42(40)32-55(68)63(49-23-27-66-53-19-17-45(73-3)34-51(49)53)76-57-21-22-58(60-59(57)61(70)47-15-11-12-16-48(47)62(60)71)77-64(50-24-28-67-54-20-18-46(74-4)35-52(50)54)56-33-43-26-30-69(56,37-41(43)7-2)38-44(65(72)75-5)31-39-13-9-8-10-14-39/h8-24,27-28,31,34-35,40-43,55-56,63-64H,6-7,25-26,29-30,32-33,36-38H2,1-5H3/q+1/b44-31+/t40-,41+,42-,43+,55?,56?,63+,64+,69+/m1/s1. The minimum Gasteiger partial charge on any atom is -0.497 e. The smallest absolute Gasteiger partial charge is 0.339 e. The number of methoxy groups -OCH3 is 3. The number of fused-ring (bicyclic) bond motifs is 10. The number of esters is 1. The molecule has 2 aromatic heterocycles. The molecule has 12 heteroatoms. The van der Waals surface area contributed by atoms with Crippen LogP contribution in [0.4, 0.5) is 0 Å². The minimum absolute atomic E-state index is 0.0172. The van der Waals surface area contributed by atoms with Crippen molar-refractivity contribution in [1.29, 1.82) is 0 Å². The first kappa shape index (κ1) is 50.4. The number of ketones is 2. The lowest BCUT2D eigenvalue weighted by molar-refractivity contribution is -0.969. The van der Waals surface area contributed by atoms with Crippen LogP contribution in [0, 0.1) is 23.7 Å². The van der Waals surface area contributed by atoms with Crippen molar-refractivity contribution in [3.05, 3.63) is 172 Å². The van der Waals surface area contributed by atoms with Gasteiger partial charge in [0.15, 0.2) is 17.7 Å². The summed E-state index contributed by atoms with van der Waals surface area (Å²) in [5.74, 6) is 2.96. The molecule has 6 saturated heterocycles. The van der Waals surface area contributed by atoms with Gasteiger partial charge >= 0.3 is 5.97 Å². The lowest BCUT2D eigenvalue weighted by Gasteiger charge is -2.59. The lowest BCUT2D eigenvalue weighted by atomic mass is 9.70. The Bertz CT molecular complexity index is 3450. The zero-order valence-electron chi connectivity index (χ0n) is 44.7. The first-order valence-corrected chi connectivity index (χ1v) is 27.6. The first-order valence-electron chi connectivity index (χ1n) is 27.6. The van der Waals surface area contributed by atoms with Crippen LogP contribution >= 0.6 is 0 Å². The third kappa shape index (κ3) is 9.02. The van der Waals surface area contributed by atoms with Gasteiger partial charge in [-0.05, 0) is 116 Å². The van der Waals surface area contributed by atoms with Crippen LogP contribution in [0.2, 0.25) is 0 Å². The van der Waals surface area contributed by atoms with Gasteiger partial charge in [0.25, 0.3) is 0 Å². The van der Waals surface area contributed by atoms with Crippen molar-refractivity contribution in [3.8, 4) is 23.0 Å². The maximum Gasteiger partial charge on any atom is 0.339 e. The van der Waals surface area contributed by atoms with Gasteiger partial charge in [0.2, 0.25) is 0 Å². The number of ether oxygens (including phenoxy) is 5. The predicted octanol–water partition coefficient (Wildman–Crippen LogP) is 11.8. The van der Waals surface area contributed by atoms with E-state index in [1.807, 2.05) is 109 Å². The predicted molar refractivity (Wildman–Crippen MR) is 297 cm³/mol. The zero-order valence-corrected chi connectivity index (χ0v) is 44.7. The van der Waals surface area contributed by atoms with E-state index < -0.39 is 12.2 Å². The van der Waals surface area contributed by atoms with Crippen LogP contribution in [-0.2, 0) is 9.53 Å². The van der Waals surface area contributed by atoms with Crippen molar-refractivity contribution in [3.63, 3.8) is 0 Å². The van der Waals surface area contributed by atoms with Crippen molar-refractivity contribution < 1.29 is 42.6 Å². The Balaban J connectivity index is 1.04. The van der Waals surface area contributed by atoms with Crippen LogP contribution in [0.3, 0.4) is 0 Å². The Morgan fingerprint density at radius 1 is 0.688 bits per heavy atom. The molecule has 7 aromatic rings. The summed E-state index contributed by atoms with van der Waals surface area (Å²) < 4.78 is 33.0. The second-order valence-corrected chi connectivity index (χ2v) is 22.0. The lowest BCUT2D eigenvalue weighted by Crippen LogP contribution is -2.69. The molecule has 4 bridgehead atoms. The normalized spacial score (nSPS) is 25.2. The van der Waals surface area contributed by atoms with Crippen molar-refractivity contribution in [2.75, 3.05) is 54.1 Å². The summed E-state index contributed by atoms with van der Waals surface area (Å²) in [6.45, 7) is 8.52. The molecule has 8 heterocycles. The minimum atomic E-state index is -0.692. The average molecular weight is 1030 g/mol. The molecule has 6 aliphatic heterocycles. The van der Waals surface area contributed by atoms with E-state index in [0.29, 0.717) is 74.4 Å². The van der Waals surface area contributed by atoms with Crippen LogP contribution in [0.5, 0.6) is 23.0 Å². The SMILES string of the molecule is CC[C@@H]1CN2CC[C@@H]1CC2[C@@H](Oc1ccc(O[C@@H](c2ccnc3ccc(OC)cc23)C2C[C@@H]3CC[N@@+]2(C/C(=C\c2ccccc2)C(=O)OC)C[C@@H]3CC)c2c1C(=O)c1ccccc1C2=O)c1ccnc2ccc(OC)cc12. The number of aromatic nitrogens is 2. The van der Waals surface area contributed by atoms with Crippen LogP contribution in [0.25, 0.3) is 27.9 Å². The number of quaternary nitrogens is 1. The highest BCUT2D eigenvalue weighted by Crippen LogP contribution is 2.52. The third-order valence-corrected chi connectivity index (χ3v) is 18.3. The Morgan fingerprint density at radius 3 is 1.84 bits per heavy atom. The van der Waals surface area contributed by atoms with E-state index in [4.69, 9.17) is 33.7 Å². The van der Waals surface area contributed by atoms with Gasteiger partial charge in [0.05, 0.1) is 68.2 Å². The Kier molecular flexibility index (Phi) is 13.6. The van der Waals surface area contributed by atoms with Crippen molar-refractivity contribution in [2.45, 2.75) is 76.7 Å². The van der Waals surface area contributed by atoms with Gasteiger partial charge in [-0.25, -0.2) is 4.79 Å².